The normalized spacial score (nSPS) is 10.8. The Morgan fingerprint density at radius 2 is 0.911 bits per heavy atom. The molecule has 2 N–H and O–H groups in total. The highest BCUT2D eigenvalue weighted by Gasteiger charge is 2.26. The van der Waals surface area contributed by atoms with Crippen molar-refractivity contribution in [2.45, 2.75) is 52.1 Å². The number of anilines is 3. The van der Waals surface area contributed by atoms with Gasteiger partial charge in [0, 0.05) is 104 Å². The standard InChI is InChI=1S/C14H7NOS.2C14H9NOS.C13H10N2S.C12H14N2S.C11H10N2S.C11H7NO2S.C10H9NOS.C8H6ClNS/c16-14-12-4-2-1-3-10(12)11-6-5-9(15-8-17)7-13(11)14;16-14(11-5-2-1-3-6-11)12-7-4-8-13(9-12)15-10-17;16-14(11-4-2-1-3-5-11)12-6-8-13(9-7-12)15-10-17;16-10-14-11-6-8-13(9-7-11)15-12-4-2-1-3-5-12;15-10-13-11-4-6-12(7-5-11)14-8-2-1-3-9-14;14-8-12-6-5-9-7-13-11-4-2-1-3-10(9)11;1-7(13)11-5-8-4-9(12-6-15)2-3-10(8)14-11;13-7-11-6-8-1-2-10-9(5-8)3-4-12-10;9-8-3-1-2-7(4-8)5-10-6-11/h1-7H;2*1-9H;1-9,15H;4-7H,1-3,8-9H2;1-4,7,13H,5-6H2;2-5H,1H3;1-2,5H,3-4,6H2;1-4H,5H2. The summed E-state index contributed by atoms with van der Waals surface area (Å²) in [6, 6.07) is 100. The number of rotatable bonds is 21. The Balaban J connectivity index is 0.000000157. The van der Waals surface area contributed by atoms with Crippen molar-refractivity contribution in [3.05, 3.63) is 394 Å². The van der Waals surface area contributed by atoms with Gasteiger partial charge in [-0.2, -0.15) is 30.0 Å². The van der Waals surface area contributed by atoms with E-state index in [1.54, 1.807) is 103 Å². The summed E-state index contributed by atoms with van der Waals surface area (Å²) in [7, 11) is 0. The van der Waals surface area contributed by atoms with Crippen LogP contribution in [0.2, 0.25) is 5.02 Å². The van der Waals surface area contributed by atoms with Crippen molar-refractivity contribution >= 4 is 264 Å². The largest absolute Gasteiger partial charge is 0.493 e. The van der Waals surface area contributed by atoms with Crippen LogP contribution in [-0.2, 0) is 25.9 Å². The molecule has 2 aliphatic heterocycles. The molecule has 2 aromatic heterocycles. The van der Waals surface area contributed by atoms with Gasteiger partial charge in [-0.25, -0.2) is 15.0 Å². The lowest BCUT2D eigenvalue weighted by Crippen LogP contribution is -2.29. The maximum Gasteiger partial charge on any atom is 0.194 e. The van der Waals surface area contributed by atoms with Gasteiger partial charge >= 0.3 is 0 Å². The predicted octanol–water partition coefficient (Wildman–Crippen LogP) is 29.9. The zero-order valence-electron chi connectivity index (χ0n) is 72.4. The van der Waals surface area contributed by atoms with Gasteiger partial charge in [-0.15, -0.1) is 0 Å². The molecule has 3 aliphatic rings. The molecule has 0 radical (unpaired) electrons. The van der Waals surface area contributed by atoms with Crippen LogP contribution in [0.4, 0.5) is 51.2 Å². The molecule has 18 rings (SSSR count). The lowest BCUT2D eigenvalue weighted by atomic mass is 10.0. The molecule has 0 amide bonds. The van der Waals surface area contributed by atoms with Gasteiger partial charge in [-0.05, 0) is 327 Å². The van der Waals surface area contributed by atoms with Crippen LogP contribution >= 0.6 is 122 Å². The van der Waals surface area contributed by atoms with Crippen molar-refractivity contribution in [2.24, 2.45) is 44.9 Å². The van der Waals surface area contributed by atoms with Crippen LogP contribution in [0.1, 0.15) is 107 Å². The molecular weight excluding hydrogens is 1870 g/mol. The summed E-state index contributed by atoms with van der Waals surface area (Å²) in [5.74, 6) is 1.31. The Morgan fingerprint density at radius 1 is 0.422 bits per heavy atom. The number of carbonyl (C=O) groups excluding carboxylic acids is 4. The van der Waals surface area contributed by atoms with E-state index in [0.29, 0.717) is 81.5 Å². The number of thiocarbonyl (C=S) groups is 9. The fourth-order valence-electron chi connectivity index (χ4n) is 13.6. The summed E-state index contributed by atoms with van der Waals surface area (Å²) >= 11 is 46.4. The molecule has 0 spiro atoms. The average Bonchev–Trinajstić information content (AvgIpc) is 1.61. The number of aromatic nitrogens is 1. The number of isothiocyanates is 9. The van der Waals surface area contributed by atoms with Crippen LogP contribution in [0.5, 0.6) is 5.75 Å². The molecule has 1 aliphatic carbocycles. The number of aliphatic imine (C=N–C) groups is 9. The maximum atomic E-state index is 12.2. The highest BCUT2D eigenvalue weighted by atomic mass is 35.5. The molecule has 0 unspecified atom stereocenters. The number of hydrogen-bond acceptors (Lipinski definition) is 26. The minimum atomic E-state index is -0.0916. The quantitative estimate of drug-likeness (QED) is 0.0387. The summed E-state index contributed by atoms with van der Waals surface area (Å²) in [5.41, 5.74) is 20.4. The van der Waals surface area contributed by atoms with E-state index in [1.165, 1.54) is 72.6 Å². The predicted molar refractivity (Wildman–Crippen MR) is 577 cm³/mol. The highest BCUT2D eigenvalue weighted by molar-refractivity contribution is 7.79. The number of Topliss-reactive ketones (excluding diaryl/α,β-unsaturated/α-hetero) is 1. The Hall–Kier alpha value is -14.5. The topological polar surface area (TPSA) is 233 Å². The first-order chi connectivity index (χ1) is 66.0. The highest BCUT2D eigenvalue weighted by Crippen LogP contribution is 2.39. The van der Waals surface area contributed by atoms with Crippen molar-refractivity contribution in [3.8, 4) is 16.9 Å². The Bertz CT molecular complexity index is 7090. The van der Waals surface area contributed by atoms with Crippen LogP contribution in [0.25, 0.3) is 33.0 Å². The number of para-hydroxylation sites is 2. The number of carbonyl (C=O) groups is 4. The monoisotopic (exact) mass is 1950 g/mol. The molecule has 0 saturated carbocycles. The number of halogens is 1. The van der Waals surface area contributed by atoms with Crippen molar-refractivity contribution in [1.82, 2.24) is 4.98 Å². The third-order valence-electron chi connectivity index (χ3n) is 19.9. The van der Waals surface area contributed by atoms with E-state index in [2.05, 4.69) is 247 Å². The Kier molecular flexibility index (Phi) is 43.4. The molecule has 18 nitrogen and oxygen atoms in total. The minimum absolute atomic E-state index is 0.00322. The Morgan fingerprint density at radius 3 is 1.51 bits per heavy atom. The second-order valence-electron chi connectivity index (χ2n) is 28.9. The summed E-state index contributed by atoms with van der Waals surface area (Å²) in [6.45, 7) is 6.51. The van der Waals surface area contributed by atoms with Gasteiger partial charge in [0.1, 0.15) is 11.3 Å². The van der Waals surface area contributed by atoms with E-state index >= 15 is 0 Å². The fourth-order valence-corrected chi connectivity index (χ4v) is 14.6. The van der Waals surface area contributed by atoms with Gasteiger partial charge in [0.05, 0.1) is 107 Å². The van der Waals surface area contributed by atoms with Gasteiger partial charge in [-0.1, -0.05) is 175 Å². The number of ether oxygens (including phenoxy) is 1. The molecule has 1 saturated heterocycles. The van der Waals surface area contributed by atoms with Crippen LogP contribution < -0.4 is 15.0 Å². The number of H-pyrrole nitrogens is 1. The second kappa shape index (κ2) is 57.1. The van der Waals surface area contributed by atoms with Crippen molar-refractivity contribution in [2.75, 3.05) is 36.5 Å². The first-order valence-electron chi connectivity index (χ1n) is 41.7. The van der Waals surface area contributed by atoms with Gasteiger partial charge in [0.25, 0.3) is 0 Å². The minimum Gasteiger partial charge on any atom is -0.493 e. The number of fused-ring (bicyclic) bond motifs is 6. The van der Waals surface area contributed by atoms with E-state index in [1.807, 2.05) is 194 Å². The lowest BCUT2D eigenvalue weighted by molar-refractivity contribution is 0.0986. The summed E-state index contributed by atoms with van der Waals surface area (Å²) < 4.78 is 10.7. The molecule has 13 aromatic carbocycles. The van der Waals surface area contributed by atoms with Crippen molar-refractivity contribution in [3.63, 3.8) is 0 Å². The number of nitrogens with zero attached hydrogens (tertiary/aromatic N) is 10. The van der Waals surface area contributed by atoms with E-state index in [4.69, 9.17) is 20.8 Å². The number of aromatic amines is 1. The lowest BCUT2D eigenvalue weighted by Gasteiger charge is -2.28. The third kappa shape index (κ3) is 33.3. The number of hydrogen-bond donors (Lipinski definition) is 2. The number of nitrogens with one attached hydrogen (secondary N) is 2. The van der Waals surface area contributed by atoms with Crippen LogP contribution in [0.3, 0.4) is 0 Å². The first kappa shape index (κ1) is 103. The third-order valence-corrected chi connectivity index (χ3v) is 21.1. The van der Waals surface area contributed by atoms with Crippen molar-refractivity contribution in [1.29, 1.82) is 0 Å². The molecule has 666 valence electrons. The fraction of sp³-hybridized carbons (Fsp3) is 0.112. The van der Waals surface area contributed by atoms with Gasteiger partial charge in [0.2, 0.25) is 0 Å². The van der Waals surface area contributed by atoms with Gasteiger partial charge in [-0.3, -0.25) is 19.2 Å². The van der Waals surface area contributed by atoms with E-state index in [9.17, 15) is 19.2 Å². The average molecular weight is 1950 g/mol. The van der Waals surface area contributed by atoms with Crippen molar-refractivity contribution < 1.29 is 28.3 Å². The molecular formula is C107H81ClN12O6S9. The van der Waals surface area contributed by atoms with Gasteiger partial charge < -0.3 is 24.4 Å². The van der Waals surface area contributed by atoms with Crippen LogP contribution in [0, 0.1) is 0 Å². The SMILES string of the molecule is CC(=O)c1cc2cc(N=C=S)ccc2o1.O=C(c1ccccc1)c1ccc(N=C=S)cc1.O=C(c1ccccc1)c1cccc(N=C=S)c1.O=C1c2ccccc2-c2ccc(N=C=S)cc21.S=C=NCCc1c[nH]c2ccccc12.S=C=NCc1ccc2c(c1)CCO2.S=C=NCc1cccc(Cl)c1.S=C=Nc1ccc(N2CCCCC2)cc1.S=C=Nc1ccc(Nc2ccccc2)cc1. The molecule has 0 bridgehead atoms. The number of piperidine rings is 1. The summed E-state index contributed by atoms with van der Waals surface area (Å²) in [6.07, 6.45) is 7.92. The zero-order chi connectivity index (χ0) is 95.6. The first-order valence-corrected chi connectivity index (χ1v) is 45.7. The zero-order valence-corrected chi connectivity index (χ0v) is 80.5. The molecule has 4 heterocycles. The summed E-state index contributed by atoms with van der Waals surface area (Å²) in [4.78, 5) is 87.9. The molecule has 135 heavy (non-hydrogen) atoms. The van der Waals surface area contributed by atoms with E-state index in [0.717, 1.165) is 80.6 Å². The van der Waals surface area contributed by atoms with E-state index in [-0.39, 0.29) is 23.1 Å². The van der Waals surface area contributed by atoms with Crippen LogP contribution in [-0.4, -0.2) is 101 Å². The smallest absolute Gasteiger partial charge is 0.194 e. The number of furan rings is 1. The summed E-state index contributed by atoms with van der Waals surface area (Å²) in [5, 5.41) is 27.0. The molecule has 1 fully saturated rings. The second-order valence-corrected chi connectivity index (χ2v) is 30.9. The molecule has 28 heteroatoms. The van der Waals surface area contributed by atoms with Crippen LogP contribution in [0.15, 0.2) is 377 Å². The number of ketones is 4. The van der Waals surface area contributed by atoms with Gasteiger partial charge in [0.15, 0.2) is 28.9 Å². The maximum absolute atomic E-state index is 12.2. The number of benzene rings is 13. The molecule has 0 atom stereocenters. The van der Waals surface area contributed by atoms with E-state index < -0.39 is 0 Å². The Labute approximate surface area is 834 Å². The molecule has 15 aromatic rings.